The van der Waals surface area contributed by atoms with Crippen LogP contribution in [-0.2, 0) is 18.7 Å². The van der Waals surface area contributed by atoms with E-state index in [1.54, 1.807) is 18.9 Å². The molecule has 0 unspecified atom stereocenters. The number of aryl methyl sites for hydroxylation is 3. The van der Waals surface area contributed by atoms with Gasteiger partial charge in [0.25, 0.3) is 0 Å². The number of hydrogen-bond donors (Lipinski definition) is 0. The van der Waals surface area contributed by atoms with E-state index < -0.39 is 0 Å². The summed E-state index contributed by atoms with van der Waals surface area (Å²) in [4.78, 5) is 4.48. The van der Waals surface area contributed by atoms with Gasteiger partial charge in [-0.05, 0) is 38.0 Å². The molecule has 4 aromatic rings. The number of benzene rings is 2. The molecule has 0 aliphatic heterocycles. The fourth-order valence-electron chi connectivity index (χ4n) is 3.24. The van der Waals surface area contributed by atoms with Crippen molar-refractivity contribution in [2.45, 2.75) is 37.7 Å². The number of ether oxygens (including phenoxy) is 1. The van der Waals surface area contributed by atoms with E-state index in [1.165, 1.54) is 5.56 Å². The Balaban J connectivity index is 1.64. The minimum Gasteiger partial charge on any atom is -0.496 e. The molecule has 0 fully saturated rings. The molecule has 6 nitrogen and oxygen atoms in total. The average molecular weight is 421 g/mol. The Hall–Kier alpha value is -3.06. The van der Waals surface area contributed by atoms with Gasteiger partial charge < -0.3 is 13.7 Å². The van der Waals surface area contributed by atoms with E-state index in [1.807, 2.05) is 44.2 Å². The van der Waals surface area contributed by atoms with Gasteiger partial charge >= 0.3 is 0 Å². The molecule has 0 bridgehead atoms. The third kappa shape index (κ3) is 4.41. The molecule has 0 saturated carbocycles. The zero-order chi connectivity index (χ0) is 20.9. The lowest BCUT2D eigenvalue weighted by Crippen LogP contribution is -2.06. The molecule has 2 heterocycles. The summed E-state index contributed by atoms with van der Waals surface area (Å²) in [6.07, 6.45) is 0.881. The van der Waals surface area contributed by atoms with Crippen LogP contribution in [0.4, 0.5) is 0 Å². The number of thioether (sulfide) groups is 1. The normalized spacial score (nSPS) is 11.0. The molecule has 0 aliphatic carbocycles. The smallest absolute Gasteiger partial charge is 0.205 e. The number of methoxy groups -OCH3 is 1. The second-order valence-corrected chi connectivity index (χ2v) is 7.87. The number of rotatable bonds is 8. The molecule has 0 N–H and O–H groups in total. The second-order valence-electron chi connectivity index (χ2n) is 6.93. The summed E-state index contributed by atoms with van der Waals surface area (Å²) >= 11 is 1.58. The molecule has 2 aromatic heterocycles. The number of aromatic nitrogens is 4. The summed E-state index contributed by atoms with van der Waals surface area (Å²) in [5.74, 6) is 3.73. The van der Waals surface area contributed by atoms with Crippen LogP contribution in [0.15, 0.2) is 64.2 Å². The van der Waals surface area contributed by atoms with E-state index in [-0.39, 0.29) is 0 Å². The van der Waals surface area contributed by atoms with Crippen molar-refractivity contribution >= 4 is 11.8 Å². The van der Waals surface area contributed by atoms with Crippen molar-refractivity contribution in [3.05, 3.63) is 77.5 Å². The van der Waals surface area contributed by atoms with Gasteiger partial charge in [-0.2, -0.15) is 0 Å². The van der Waals surface area contributed by atoms with Crippen molar-refractivity contribution in [1.82, 2.24) is 19.7 Å². The topological polar surface area (TPSA) is 66.0 Å². The van der Waals surface area contributed by atoms with Crippen LogP contribution < -0.4 is 4.74 Å². The third-order valence-corrected chi connectivity index (χ3v) is 5.88. The number of para-hydroxylation sites is 1. The zero-order valence-corrected chi connectivity index (χ0v) is 18.1. The highest BCUT2D eigenvalue weighted by Crippen LogP contribution is 2.32. The Labute approximate surface area is 180 Å². The second kappa shape index (κ2) is 9.17. The highest BCUT2D eigenvalue weighted by atomic mass is 32.2. The van der Waals surface area contributed by atoms with Gasteiger partial charge in [-0.25, -0.2) is 4.98 Å². The van der Waals surface area contributed by atoms with Crippen molar-refractivity contribution in [3.8, 4) is 17.1 Å². The fourth-order valence-corrected chi connectivity index (χ4v) is 4.05. The van der Waals surface area contributed by atoms with E-state index in [0.717, 1.165) is 46.7 Å². The van der Waals surface area contributed by atoms with E-state index >= 15 is 0 Å². The van der Waals surface area contributed by atoms with Crippen LogP contribution in [0, 0.1) is 13.8 Å². The maximum Gasteiger partial charge on any atom is 0.205 e. The van der Waals surface area contributed by atoms with E-state index in [2.05, 4.69) is 44.0 Å². The predicted octanol–water partition coefficient (Wildman–Crippen LogP) is 5.09. The van der Waals surface area contributed by atoms with Crippen molar-refractivity contribution in [3.63, 3.8) is 0 Å². The molecule has 0 radical (unpaired) electrons. The first kappa shape index (κ1) is 20.2. The van der Waals surface area contributed by atoms with Crippen LogP contribution in [0.2, 0.25) is 0 Å². The molecule has 2 aromatic carbocycles. The summed E-state index contributed by atoms with van der Waals surface area (Å²) < 4.78 is 13.4. The minimum atomic E-state index is 0.601. The van der Waals surface area contributed by atoms with Crippen molar-refractivity contribution < 1.29 is 9.15 Å². The monoisotopic (exact) mass is 420 g/mol. The van der Waals surface area contributed by atoms with E-state index in [0.29, 0.717) is 11.6 Å². The van der Waals surface area contributed by atoms with Crippen LogP contribution in [0.25, 0.3) is 11.4 Å². The molecule has 0 atom stereocenters. The summed E-state index contributed by atoms with van der Waals surface area (Å²) in [5.41, 5.74) is 3.12. The molecule has 0 spiro atoms. The summed E-state index contributed by atoms with van der Waals surface area (Å²) in [5, 5.41) is 9.81. The first-order chi connectivity index (χ1) is 14.7. The van der Waals surface area contributed by atoms with Gasteiger partial charge in [0.15, 0.2) is 11.0 Å². The molecule has 4 rings (SSSR count). The number of nitrogens with zero attached hydrogens (tertiary/aromatic N) is 4. The molecule has 154 valence electrons. The first-order valence-corrected chi connectivity index (χ1v) is 10.8. The van der Waals surface area contributed by atoms with Gasteiger partial charge in [0, 0.05) is 6.54 Å². The zero-order valence-electron chi connectivity index (χ0n) is 17.3. The Morgan fingerprint density at radius 2 is 1.77 bits per heavy atom. The largest absolute Gasteiger partial charge is 0.496 e. The lowest BCUT2D eigenvalue weighted by atomic mass is 10.1. The van der Waals surface area contributed by atoms with Gasteiger partial charge in [-0.3, -0.25) is 0 Å². The molecular weight excluding hydrogens is 396 g/mol. The summed E-state index contributed by atoms with van der Waals surface area (Å²) in [7, 11) is 1.67. The van der Waals surface area contributed by atoms with Crippen molar-refractivity contribution in [2.24, 2.45) is 0 Å². The van der Waals surface area contributed by atoms with Crippen molar-refractivity contribution in [1.29, 1.82) is 0 Å². The third-order valence-electron chi connectivity index (χ3n) is 4.93. The van der Waals surface area contributed by atoms with E-state index in [9.17, 15) is 0 Å². The first-order valence-electron chi connectivity index (χ1n) is 9.82. The number of oxazole rings is 1. The fraction of sp³-hybridized carbons (Fsp3) is 0.261. The van der Waals surface area contributed by atoms with Gasteiger partial charge in [-0.15, -0.1) is 10.2 Å². The SMILES string of the molecule is COc1ccccc1-c1nnc(SCc2nc(C)c(C)o2)n1CCc1ccccc1. The molecule has 0 aliphatic rings. The Morgan fingerprint density at radius 1 is 1.00 bits per heavy atom. The van der Waals surface area contributed by atoms with Gasteiger partial charge in [-0.1, -0.05) is 54.2 Å². The van der Waals surface area contributed by atoms with Gasteiger partial charge in [0.1, 0.15) is 11.5 Å². The summed E-state index contributed by atoms with van der Waals surface area (Å²) in [6, 6.07) is 18.3. The van der Waals surface area contributed by atoms with Crippen molar-refractivity contribution in [2.75, 3.05) is 7.11 Å². The van der Waals surface area contributed by atoms with Crippen LogP contribution in [0.5, 0.6) is 5.75 Å². The Kier molecular flexibility index (Phi) is 6.18. The van der Waals surface area contributed by atoms with Crippen LogP contribution >= 0.6 is 11.8 Å². The lowest BCUT2D eigenvalue weighted by Gasteiger charge is -2.12. The van der Waals surface area contributed by atoms with E-state index in [4.69, 9.17) is 9.15 Å². The van der Waals surface area contributed by atoms with Gasteiger partial charge in [0.2, 0.25) is 5.89 Å². The quantitative estimate of drug-likeness (QED) is 0.370. The predicted molar refractivity (Wildman–Crippen MR) is 118 cm³/mol. The Bertz CT molecular complexity index is 1100. The minimum absolute atomic E-state index is 0.601. The molecule has 7 heteroatoms. The lowest BCUT2D eigenvalue weighted by molar-refractivity contribution is 0.415. The summed E-state index contributed by atoms with van der Waals surface area (Å²) in [6.45, 7) is 4.64. The van der Waals surface area contributed by atoms with Crippen LogP contribution in [0.1, 0.15) is 22.9 Å². The maximum absolute atomic E-state index is 5.72. The van der Waals surface area contributed by atoms with Crippen LogP contribution in [-0.4, -0.2) is 26.9 Å². The standard InChI is InChI=1S/C23H24N4O2S/c1-16-17(2)29-21(24-16)15-30-23-26-25-22(19-11-7-8-12-20(19)28-3)27(23)14-13-18-9-5-4-6-10-18/h4-12H,13-15H2,1-3H3. The highest BCUT2D eigenvalue weighted by Gasteiger charge is 2.18. The maximum atomic E-state index is 5.72. The Morgan fingerprint density at radius 3 is 2.50 bits per heavy atom. The number of hydrogen-bond acceptors (Lipinski definition) is 6. The molecule has 30 heavy (non-hydrogen) atoms. The average Bonchev–Trinajstić information content (AvgIpc) is 3.33. The molecule has 0 amide bonds. The van der Waals surface area contributed by atoms with Gasteiger partial charge in [0.05, 0.1) is 24.1 Å². The highest BCUT2D eigenvalue weighted by molar-refractivity contribution is 7.98. The molecular formula is C23H24N4O2S. The molecule has 0 saturated heterocycles. The van der Waals surface area contributed by atoms with Crippen LogP contribution in [0.3, 0.4) is 0 Å².